The number of hydrogen-bond donors (Lipinski definition) is 1. The SMILES string of the molecule is O=C(NCCSC(F)(F)F)c1cnc(-c2ccncc2)nc1. The van der Waals surface area contributed by atoms with Crippen molar-refractivity contribution in [2.24, 2.45) is 0 Å². The molecule has 1 amide bonds. The summed E-state index contributed by atoms with van der Waals surface area (Å²) in [6.07, 6.45) is 5.85. The number of halogens is 3. The first-order chi connectivity index (χ1) is 10.5. The summed E-state index contributed by atoms with van der Waals surface area (Å²) in [5.41, 5.74) is -3.35. The molecule has 0 aliphatic heterocycles. The molecule has 2 heterocycles. The number of nitrogens with one attached hydrogen (secondary N) is 1. The highest BCUT2D eigenvalue weighted by Crippen LogP contribution is 2.29. The average Bonchev–Trinajstić information content (AvgIpc) is 2.51. The first-order valence-corrected chi connectivity index (χ1v) is 7.15. The molecule has 0 aliphatic carbocycles. The average molecular weight is 328 g/mol. The Labute approximate surface area is 128 Å². The van der Waals surface area contributed by atoms with Gasteiger partial charge in [0.05, 0.1) is 5.56 Å². The number of thioether (sulfide) groups is 1. The third-order valence-electron chi connectivity index (χ3n) is 2.51. The number of nitrogens with zero attached hydrogens (tertiary/aromatic N) is 3. The van der Waals surface area contributed by atoms with Crippen LogP contribution in [-0.2, 0) is 0 Å². The van der Waals surface area contributed by atoms with Gasteiger partial charge in [-0.3, -0.25) is 9.78 Å². The molecule has 1 N–H and O–H groups in total. The number of hydrogen-bond acceptors (Lipinski definition) is 5. The molecule has 0 bridgehead atoms. The Hall–Kier alpha value is -2.16. The van der Waals surface area contributed by atoms with Gasteiger partial charge >= 0.3 is 5.51 Å². The van der Waals surface area contributed by atoms with Crippen LogP contribution in [0.1, 0.15) is 10.4 Å². The fourth-order valence-electron chi connectivity index (χ4n) is 1.53. The van der Waals surface area contributed by atoms with Crippen LogP contribution in [0.3, 0.4) is 0 Å². The highest BCUT2D eigenvalue weighted by Gasteiger charge is 2.27. The first kappa shape index (κ1) is 16.2. The van der Waals surface area contributed by atoms with Gasteiger partial charge in [-0.2, -0.15) is 13.2 Å². The number of rotatable bonds is 5. The maximum atomic E-state index is 11.9. The molecule has 9 heteroatoms. The van der Waals surface area contributed by atoms with Gasteiger partial charge in [-0.1, -0.05) is 0 Å². The van der Waals surface area contributed by atoms with Crippen LogP contribution in [0.15, 0.2) is 36.9 Å². The molecule has 0 saturated heterocycles. The standard InChI is InChI=1S/C13H11F3N4OS/c14-13(15,16)22-6-5-18-12(21)10-7-19-11(20-8-10)9-1-3-17-4-2-9/h1-4,7-8H,5-6H2,(H,18,21). The third kappa shape index (κ3) is 4.99. The van der Waals surface area contributed by atoms with Crippen molar-refractivity contribution in [3.63, 3.8) is 0 Å². The fraction of sp³-hybridized carbons (Fsp3) is 0.231. The van der Waals surface area contributed by atoms with Crippen molar-refractivity contribution in [1.29, 1.82) is 0 Å². The highest BCUT2D eigenvalue weighted by molar-refractivity contribution is 8.00. The Morgan fingerprint density at radius 3 is 2.41 bits per heavy atom. The van der Waals surface area contributed by atoms with Crippen molar-refractivity contribution in [2.75, 3.05) is 12.3 Å². The minimum Gasteiger partial charge on any atom is -0.351 e. The normalized spacial score (nSPS) is 11.2. The van der Waals surface area contributed by atoms with Gasteiger partial charge in [-0.05, 0) is 23.9 Å². The highest BCUT2D eigenvalue weighted by atomic mass is 32.2. The molecule has 2 rings (SSSR count). The first-order valence-electron chi connectivity index (χ1n) is 6.17. The van der Waals surface area contributed by atoms with E-state index in [-0.39, 0.29) is 29.6 Å². The largest absolute Gasteiger partial charge is 0.441 e. The van der Waals surface area contributed by atoms with Crippen molar-refractivity contribution in [2.45, 2.75) is 5.51 Å². The van der Waals surface area contributed by atoms with E-state index in [1.165, 1.54) is 12.4 Å². The van der Waals surface area contributed by atoms with Gasteiger partial charge in [-0.25, -0.2) is 9.97 Å². The molecule has 0 atom stereocenters. The lowest BCUT2D eigenvalue weighted by Gasteiger charge is -2.07. The molecule has 116 valence electrons. The van der Waals surface area contributed by atoms with Crippen LogP contribution >= 0.6 is 11.8 Å². The summed E-state index contributed by atoms with van der Waals surface area (Å²) in [7, 11) is 0. The summed E-state index contributed by atoms with van der Waals surface area (Å²) < 4.78 is 35.8. The Morgan fingerprint density at radius 2 is 1.82 bits per heavy atom. The molecule has 0 unspecified atom stereocenters. The van der Waals surface area contributed by atoms with Gasteiger partial charge in [0.1, 0.15) is 0 Å². The van der Waals surface area contributed by atoms with Crippen LogP contribution in [0.5, 0.6) is 0 Å². The summed E-state index contributed by atoms with van der Waals surface area (Å²) in [5.74, 6) is -0.318. The van der Waals surface area contributed by atoms with Gasteiger partial charge in [-0.15, -0.1) is 0 Å². The van der Waals surface area contributed by atoms with E-state index in [4.69, 9.17) is 0 Å². The molecule has 0 radical (unpaired) electrons. The topological polar surface area (TPSA) is 67.8 Å². The van der Waals surface area contributed by atoms with Crippen molar-refractivity contribution in [1.82, 2.24) is 20.3 Å². The Balaban J connectivity index is 1.89. The smallest absolute Gasteiger partial charge is 0.351 e. The van der Waals surface area contributed by atoms with Crippen LogP contribution in [0.4, 0.5) is 13.2 Å². The predicted molar refractivity (Wildman–Crippen MR) is 76.1 cm³/mol. The van der Waals surface area contributed by atoms with E-state index in [0.717, 1.165) is 5.56 Å². The van der Waals surface area contributed by atoms with Crippen LogP contribution in [0, 0.1) is 0 Å². The van der Waals surface area contributed by atoms with Crippen LogP contribution < -0.4 is 5.32 Å². The zero-order chi connectivity index (χ0) is 16.0. The number of carbonyl (C=O) groups is 1. The van der Waals surface area contributed by atoms with Crippen LogP contribution in [0.25, 0.3) is 11.4 Å². The van der Waals surface area contributed by atoms with E-state index in [1.54, 1.807) is 24.5 Å². The molecule has 0 fully saturated rings. The molecule has 0 saturated carbocycles. The van der Waals surface area contributed by atoms with Crippen molar-refractivity contribution in [3.8, 4) is 11.4 Å². The third-order valence-corrected chi connectivity index (χ3v) is 3.24. The van der Waals surface area contributed by atoms with Crippen molar-refractivity contribution >= 4 is 17.7 Å². The van der Waals surface area contributed by atoms with Crippen molar-refractivity contribution in [3.05, 3.63) is 42.5 Å². The van der Waals surface area contributed by atoms with Gasteiger partial charge in [0, 0.05) is 42.6 Å². The minimum atomic E-state index is -4.29. The molecule has 2 aromatic heterocycles. The zero-order valence-corrected chi connectivity index (χ0v) is 12.0. The van der Waals surface area contributed by atoms with Crippen LogP contribution in [0.2, 0.25) is 0 Å². The Kier molecular flexibility index (Phi) is 5.31. The number of pyridine rings is 1. The van der Waals surface area contributed by atoms with E-state index in [9.17, 15) is 18.0 Å². The number of aromatic nitrogens is 3. The summed E-state index contributed by atoms with van der Waals surface area (Å²) in [6, 6.07) is 3.45. The molecule has 22 heavy (non-hydrogen) atoms. The molecular weight excluding hydrogens is 317 g/mol. The lowest BCUT2D eigenvalue weighted by Crippen LogP contribution is -2.26. The van der Waals surface area contributed by atoms with Gasteiger partial charge in [0.15, 0.2) is 5.82 Å². The molecule has 0 aromatic carbocycles. The molecule has 0 spiro atoms. The predicted octanol–water partition coefficient (Wildman–Crippen LogP) is 2.52. The summed E-state index contributed by atoms with van der Waals surface area (Å²) >= 11 is -0.181. The summed E-state index contributed by atoms with van der Waals surface area (Å²) in [5, 5.41) is 2.38. The Morgan fingerprint density at radius 1 is 1.18 bits per heavy atom. The molecular formula is C13H11F3N4OS. The molecule has 2 aromatic rings. The second-order valence-electron chi connectivity index (χ2n) is 4.08. The lowest BCUT2D eigenvalue weighted by atomic mass is 10.2. The number of carbonyl (C=O) groups excluding carboxylic acids is 1. The van der Waals surface area contributed by atoms with E-state index >= 15 is 0 Å². The van der Waals surface area contributed by atoms with Gasteiger partial charge < -0.3 is 5.32 Å². The number of amides is 1. The quantitative estimate of drug-likeness (QED) is 0.854. The zero-order valence-electron chi connectivity index (χ0n) is 11.2. The van der Waals surface area contributed by atoms with E-state index in [2.05, 4.69) is 20.3 Å². The van der Waals surface area contributed by atoms with E-state index in [1.807, 2.05) is 0 Å². The molecule has 0 aliphatic rings. The van der Waals surface area contributed by atoms with Crippen LogP contribution in [-0.4, -0.2) is 38.7 Å². The second-order valence-corrected chi connectivity index (χ2v) is 5.24. The minimum absolute atomic E-state index is 0.0882. The summed E-state index contributed by atoms with van der Waals surface area (Å²) in [4.78, 5) is 23.7. The van der Waals surface area contributed by atoms with Gasteiger partial charge in [0.25, 0.3) is 5.91 Å². The summed E-state index contributed by atoms with van der Waals surface area (Å²) in [6.45, 7) is -0.0882. The monoisotopic (exact) mass is 328 g/mol. The number of alkyl halides is 3. The Bertz CT molecular complexity index is 619. The van der Waals surface area contributed by atoms with Crippen molar-refractivity contribution < 1.29 is 18.0 Å². The van der Waals surface area contributed by atoms with E-state index in [0.29, 0.717) is 5.82 Å². The lowest BCUT2D eigenvalue weighted by molar-refractivity contribution is -0.0327. The van der Waals surface area contributed by atoms with E-state index < -0.39 is 11.4 Å². The van der Waals surface area contributed by atoms with Gasteiger partial charge in [0.2, 0.25) is 0 Å². The maximum Gasteiger partial charge on any atom is 0.441 e. The fourth-order valence-corrected chi connectivity index (χ4v) is 1.96. The second kappa shape index (κ2) is 7.21. The molecule has 5 nitrogen and oxygen atoms in total. The maximum absolute atomic E-state index is 11.9.